The van der Waals surface area contributed by atoms with E-state index >= 15 is 0 Å². The molecule has 13 heavy (non-hydrogen) atoms. The first-order valence-corrected chi connectivity index (χ1v) is 4.93. The number of likely N-dealkylation sites (tertiary alicyclic amines) is 1. The summed E-state index contributed by atoms with van der Waals surface area (Å²) >= 11 is 0. The fourth-order valence-electron chi connectivity index (χ4n) is 1.98. The quantitative estimate of drug-likeness (QED) is 0.642. The van der Waals surface area contributed by atoms with E-state index in [4.69, 9.17) is 10.5 Å². The van der Waals surface area contributed by atoms with Gasteiger partial charge in [-0.15, -0.1) is 0 Å². The summed E-state index contributed by atoms with van der Waals surface area (Å²) in [5, 5.41) is 0. The van der Waals surface area contributed by atoms with E-state index < -0.39 is 0 Å². The highest BCUT2D eigenvalue weighted by molar-refractivity contribution is 5.83. The summed E-state index contributed by atoms with van der Waals surface area (Å²) in [5.74, 6) is 0.0931. The number of amides is 1. The molecule has 2 heterocycles. The van der Waals surface area contributed by atoms with Gasteiger partial charge in [0.05, 0.1) is 12.1 Å². The average Bonchev–Trinajstić information content (AvgIpc) is 2.71. The molecule has 2 rings (SSSR count). The summed E-state index contributed by atoms with van der Waals surface area (Å²) < 4.78 is 5.46. The van der Waals surface area contributed by atoms with Crippen LogP contribution in [0.3, 0.4) is 0 Å². The molecule has 0 radical (unpaired) electrons. The van der Waals surface area contributed by atoms with Crippen LogP contribution in [-0.4, -0.2) is 42.6 Å². The van der Waals surface area contributed by atoms with Gasteiger partial charge >= 0.3 is 0 Å². The van der Waals surface area contributed by atoms with Gasteiger partial charge in [0, 0.05) is 19.7 Å². The van der Waals surface area contributed by atoms with E-state index in [2.05, 4.69) is 0 Å². The molecular weight excluding hydrogens is 168 g/mol. The predicted molar refractivity (Wildman–Crippen MR) is 48.1 cm³/mol. The largest absolute Gasteiger partial charge is 0.376 e. The second-order valence-electron chi connectivity index (χ2n) is 3.81. The van der Waals surface area contributed by atoms with Crippen LogP contribution in [0.15, 0.2) is 0 Å². The van der Waals surface area contributed by atoms with Crippen molar-refractivity contribution in [2.24, 2.45) is 5.73 Å². The molecule has 0 bridgehead atoms. The molecule has 2 N–H and O–H groups in total. The van der Waals surface area contributed by atoms with E-state index in [-0.39, 0.29) is 18.1 Å². The third kappa shape index (κ3) is 1.84. The van der Waals surface area contributed by atoms with Crippen LogP contribution >= 0.6 is 0 Å². The number of carbonyl (C=O) groups is 1. The van der Waals surface area contributed by atoms with Gasteiger partial charge in [0.2, 0.25) is 5.91 Å². The zero-order valence-electron chi connectivity index (χ0n) is 7.74. The molecule has 0 aromatic heterocycles. The topological polar surface area (TPSA) is 55.6 Å². The van der Waals surface area contributed by atoms with Crippen molar-refractivity contribution in [3.8, 4) is 0 Å². The minimum Gasteiger partial charge on any atom is -0.376 e. The van der Waals surface area contributed by atoms with E-state index in [0.29, 0.717) is 0 Å². The summed E-state index contributed by atoms with van der Waals surface area (Å²) in [6.07, 6.45) is 3.26. The van der Waals surface area contributed by atoms with Gasteiger partial charge in [-0.2, -0.15) is 0 Å². The molecule has 2 saturated heterocycles. The van der Waals surface area contributed by atoms with Gasteiger partial charge in [0.1, 0.15) is 0 Å². The van der Waals surface area contributed by atoms with Crippen LogP contribution in [0.5, 0.6) is 0 Å². The van der Waals surface area contributed by atoms with E-state index in [9.17, 15) is 4.79 Å². The van der Waals surface area contributed by atoms with Crippen molar-refractivity contribution in [1.29, 1.82) is 0 Å². The summed E-state index contributed by atoms with van der Waals surface area (Å²) in [6, 6.07) is -0.263. The number of nitrogens with two attached hydrogens (primary N) is 1. The van der Waals surface area contributed by atoms with Crippen molar-refractivity contribution in [3.05, 3.63) is 0 Å². The number of rotatable bonds is 2. The fourth-order valence-corrected chi connectivity index (χ4v) is 1.98. The highest BCUT2D eigenvalue weighted by atomic mass is 16.5. The number of nitrogens with zero attached hydrogens (tertiary/aromatic N) is 1. The van der Waals surface area contributed by atoms with Crippen molar-refractivity contribution in [3.63, 3.8) is 0 Å². The predicted octanol–water partition coefficient (Wildman–Crippen LogP) is -0.275. The van der Waals surface area contributed by atoms with Gasteiger partial charge < -0.3 is 15.4 Å². The lowest BCUT2D eigenvalue weighted by Crippen LogP contribution is -2.38. The van der Waals surface area contributed by atoms with Crippen molar-refractivity contribution in [1.82, 2.24) is 4.90 Å². The number of hydrogen-bond donors (Lipinski definition) is 1. The second-order valence-corrected chi connectivity index (χ2v) is 3.81. The van der Waals surface area contributed by atoms with Crippen molar-refractivity contribution in [2.75, 3.05) is 19.7 Å². The molecule has 0 spiro atoms. The summed E-state index contributed by atoms with van der Waals surface area (Å²) in [6.45, 7) is 2.39. The first-order valence-electron chi connectivity index (χ1n) is 4.93. The van der Waals surface area contributed by atoms with E-state index in [1.807, 2.05) is 4.90 Å². The Kier molecular flexibility index (Phi) is 2.51. The van der Waals surface area contributed by atoms with Crippen molar-refractivity contribution >= 4 is 5.91 Å². The molecule has 0 saturated carbocycles. The Bertz CT molecular complexity index is 202. The highest BCUT2D eigenvalue weighted by Gasteiger charge is 2.31. The Morgan fingerprint density at radius 2 is 2.38 bits per heavy atom. The second kappa shape index (κ2) is 3.64. The van der Waals surface area contributed by atoms with E-state index in [0.717, 1.165) is 39.0 Å². The van der Waals surface area contributed by atoms with Crippen LogP contribution in [0.4, 0.5) is 0 Å². The summed E-state index contributed by atoms with van der Waals surface area (Å²) in [5.41, 5.74) is 5.61. The SMILES string of the molecule is NC1CCN(CC2CCCO2)C1=O. The normalized spacial score (nSPS) is 34.5. The monoisotopic (exact) mass is 184 g/mol. The summed E-state index contributed by atoms with van der Waals surface area (Å²) in [4.78, 5) is 13.3. The molecule has 2 aliphatic rings. The number of ether oxygens (including phenoxy) is 1. The van der Waals surface area contributed by atoms with Crippen LogP contribution < -0.4 is 5.73 Å². The maximum absolute atomic E-state index is 11.4. The zero-order valence-corrected chi connectivity index (χ0v) is 7.74. The van der Waals surface area contributed by atoms with Crippen LogP contribution in [0, 0.1) is 0 Å². The van der Waals surface area contributed by atoms with Crippen LogP contribution in [0.2, 0.25) is 0 Å². The number of carbonyl (C=O) groups excluding carboxylic acids is 1. The molecule has 2 unspecified atom stereocenters. The molecule has 0 aliphatic carbocycles. The molecule has 4 nitrogen and oxygen atoms in total. The van der Waals surface area contributed by atoms with Gasteiger partial charge in [0.25, 0.3) is 0 Å². The zero-order chi connectivity index (χ0) is 9.26. The third-order valence-corrected chi connectivity index (χ3v) is 2.79. The molecule has 2 fully saturated rings. The van der Waals surface area contributed by atoms with E-state index in [1.165, 1.54) is 0 Å². The smallest absolute Gasteiger partial charge is 0.239 e. The molecule has 2 atom stereocenters. The lowest BCUT2D eigenvalue weighted by molar-refractivity contribution is -0.130. The Morgan fingerprint density at radius 3 is 2.92 bits per heavy atom. The van der Waals surface area contributed by atoms with Gasteiger partial charge in [-0.05, 0) is 19.3 Å². The third-order valence-electron chi connectivity index (χ3n) is 2.79. The van der Waals surface area contributed by atoms with Crippen molar-refractivity contribution < 1.29 is 9.53 Å². The minimum absolute atomic E-state index is 0.0931. The molecule has 4 heteroatoms. The van der Waals surface area contributed by atoms with Crippen LogP contribution in [-0.2, 0) is 9.53 Å². The van der Waals surface area contributed by atoms with E-state index in [1.54, 1.807) is 0 Å². The Morgan fingerprint density at radius 1 is 1.54 bits per heavy atom. The minimum atomic E-state index is -0.263. The number of hydrogen-bond acceptors (Lipinski definition) is 3. The molecule has 74 valence electrons. The molecule has 2 aliphatic heterocycles. The highest BCUT2D eigenvalue weighted by Crippen LogP contribution is 2.16. The Labute approximate surface area is 78.0 Å². The molecular formula is C9H16N2O2. The average molecular weight is 184 g/mol. The fraction of sp³-hybridized carbons (Fsp3) is 0.889. The lowest BCUT2D eigenvalue weighted by Gasteiger charge is -2.19. The van der Waals surface area contributed by atoms with Gasteiger partial charge in [-0.3, -0.25) is 4.79 Å². The maximum Gasteiger partial charge on any atom is 0.239 e. The standard InChI is InChI=1S/C9H16N2O2/c10-8-3-4-11(9(8)12)6-7-2-1-5-13-7/h7-8H,1-6,10H2. The van der Waals surface area contributed by atoms with Gasteiger partial charge in [-0.25, -0.2) is 0 Å². The first kappa shape index (κ1) is 8.97. The van der Waals surface area contributed by atoms with Crippen molar-refractivity contribution in [2.45, 2.75) is 31.4 Å². The lowest BCUT2D eigenvalue weighted by atomic mass is 10.2. The maximum atomic E-state index is 11.4. The molecule has 0 aromatic carbocycles. The molecule has 0 aromatic rings. The van der Waals surface area contributed by atoms with Crippen LogP contribution in [0.1, 0.15) is 19.3 Å². The first-order chi connectivity index (χ1) is 6.27. The van der Waals surface area contributed by atoms with Gasteiger partial charge in [-0.1, -0.05) is 0 Å². The van der Waals surface area contributed by atoms with Gasteiger partial charge in [0.15, 0.2) is 0 Å². The molecule has 1 amide bonds. The Balaban J connectivity index is 1.84. The Hall–Kier alpha value is -0.610. The van der Waals surface area contributed by atoms with Crippen LogP contribution in [0.25, 0.3) is 0 Å². The summed E-state index contributed by atoms with van der Waals surface area (Å²) in [7, 11) is 0.